The molecule has 9 heteroatoms. The van der Waals surface area contributed by atoms with Crippen LogP contribution in [-0.4, -0.2) is 66.9 Å². The van der Waals surface area contributed by atoms with Crippen LogP contribution in [-0.2, 0) is 9.53 Å². The first kappa shape index (κ1) is 15.7. The Kier molecular flexibility index (Phi) is 6.99. The fourth-order valence-corrected chi connectivity index (χ4v) is 0.980. The van der Waals surface area contributed by atoms with E-state index in [1.807, 2.05) is 0 Å². The predicted molar refractivity (Wildman–Crippen MR) is 58.8 cm³/mol. The molecule has 0 radical (unpaired) electrons. The number of carbonyl (C=O) groups excluding carboxylic acids is 1. The second-order valence-corrected chi connectivity index (χ2v) is 3.94. The zero-order valence-corrected chi connectivity index (χ0v) is 9.64. The summed E-state index contributed by atoms with van der Waals surface area (Å²) in [5.74, 6) is -1.32. The van der Waals surface area contributed by atoms with Crippen molar-refractivity contribution in [2.45, 2.75) is 24.4 Å². The van der Waals surface area contributed by atoms with E-state index >= 15 is 0 Å². The molecule has 0 saturated heterocycles. The standard InChI is InChI=1S/C7H12O7S2/c8-1-2(9)3(10)4(11)5(12)6(13)14-7(15)16/h2-5,8-12H,1H2,(H,15,16)/t2-,3-,4+,5-/m1/s1. The predicted octanol–water partition coefficient (Wildman–Crippen LogP) is -2.82. The second kappa shape index (κ2) is 7.12. The van der Waals surface area contributed by atoms with Gasteiger partial charge in [-0.25, -0.2) is 4.79 Å². The Morgan fingerprint density at radius 2 is 1.75 bits per heavy atom. The van der Waals surface area contributed by atoms with Gasteiger partial charge in [0.05, 0.1) is 6.61 Å². The number of ether oxygens (including phenoxy) is 1. The van der Waals surface area contributed by atoms with Gasteiger partial charge >= 0.3 is 5.97 Å². The van der Waals surface area contributed by atoms with Gasteiger partial charge in [-0.3, -0.25) is 0 Å². The summed E-state index contributed by atoms with van der Waals surface area (Å²) in [7, 11) is 0. The van der Waals surface area contributed by atoms with E-state index in [1.165, 1.54) is 0 Å². The zero-order chi connectivity index (χ0) is 12.9. The molecule has 0 aliphatic carbocycles. The van der Waals surface area contributed by atoms with Crippen molar-refractivity contribution in [3.8, 4) is 0 Å². The van der Waals surface area contributed by atoms with Gasteiger partial charge in [0.2, 0.25) is 4.38 Å². The topological polar surface area (TPSA) is 127 Å². The highest BCUT2D eigenvalue weighted by atomic mass is 32.1. The summed E-state index contributed by atoms with van der Waals surface area (Å²) in [5, 5.41) is 45.0. The van der Waals surface area contributed by atoms with Crippen molar-refractivity contribution in [1.82, 2.24) is 0 Å². The van der Waals surface area contributed by atoms with Crippen molar-refractivity contribution in [1.29, 1.82) is 0 Å². The van der Waals surface area contributed by atoms with E-state index in [2.05, 4.69) is 29.6 Å². The molecular weight excluding hydrogens is 260 g/mol. The molecular formula is C7H12O7S2. The molecule has 7 nitrogen and oxygen atoms in total. The van der Waals surface area contributed by atoms with Gasteiger partial charge in [-0.2, -0.15) is 0 Å². The van der Waals surface area contributed by atoms with E-state index in [9.17, 15) is 15.0 Å². The molecule has 94 valence electrons. The van der Waals surface area contributed by atoms with Crippen LogP contribution in [0.4, 0.5) is 0 Å². The monoisotopic (exact) mass is 272 g/mol. The van der Waals surface area contributed by atoms with Crippen molar-refractivity contribution >= 4 is 35.2 Å². The van der Waals surface area contributed by atoms with E-state index in [0.29, 0.717) is 0 Å². The lowest BCUT2D eigenvalue weighted by atomic mass is 10.0. The van der Waals surface area contributed by atoms with E-state index in [-0.39, 0.29) is 0 Å². The highest BCUT2D eigenvalue weighted by molar-refractivity contribution is 8.10. The van der Waals surface area contributed by atoms with E-state index in [4.69, 9.17) is 15.3 Å². The molecule has 0 amide bonds. The molecule has 0 rings (SSSR count). The lowest BCUT2D eigenvalue weighted by Crippen LogP contribution is -2.49. The SMILES string of the molecule is O=C(OC(=S)S)[C@H](O)[C@@H](O)[C@H](O)[C@H](O)CO. The minimum absolute atomic E-state index is 0.464. The quantitative estimate of drug-likeness (QED) is 0.180. The fraction of sp³-hybridized carbons (Fsp3) is 0.714. The Morgan fingerprint density at radius 3 is 2.12 bits per heavy atom. The summed E-state index contributed by atoms with van der Waals surface area (Å²) in [5.41, 5.74) is 0. The van der Waals surface area contributed by atoms with Crippen LogP contribution in [0.3, 0.4) is 0 Å². The average molecular weight is 272 g/mol. The van der Waals surface area contributed by atoms with Gasteiger partial charge in [-0.15, -0.1) is 0 Å². The van der Waals surface area contributed by atoms with Crippen LogP contribution >= 0.6 is 24.8 Å². The summed E-state index contributed by atoms with van der Waals surface area (Å²) in [4.78, 5) is 11.0. The largest absolute Gasteiger partial charge is 0.407 e. The molecule has 0 spiro atoms. The van der Waals surface area contributed by atoms with Crippen LogP contribution in [0.15, 0.2) is 0 Å². The maximum atomic E-state index is 11.0. The van der Waals surface area contributed by atoms with Gasteiger partial charge in [0.1, 0.15) is 18.3 Å². The third-order valence-electron chi connectivity index (χ3n) is 1.68. The third kappa shape index (κ3) is 4.70. The highest BCUT2D eigenvalue weighted by Gasteiger charge is 2.35. The third-order valence-corrected chi connectivity index (χ3v) is 1.86. The van der Waals surface area contributed by atoms with Crippen molar-refractivity contribution in [3.05, 3.63) is 0 Å². The number of carbonyl (C=O) groups is 1. The number of hydrogen-bond acceptors (Lipinski definition) is 8. The number of aliphatic hydroxyl groups excluding tert-OH is 5. The molecule has 0 heterocycles. The van der Waals surface area contributed by atoms with Crippen LogP contribution in [0.25, 0.3) is 0 Å². The Hall–Kier alpha value is -0.290. The van der Waals surface area contributed by atoms with Crippen LogP contribution in [0.5, 0.6) is 0 Å². The molecule has 0 aliphatic rings. The minimum atomic E-state index is -2.11. The highest BCUT2D eigenvalue weighted by Crippen LogP contribution is 2.07. The zero-order valence-electron chi connectivity index (χ0n) is 7.92. The van der Waals surface area contributed by atoms with Crippen molar-refractivity contribution in [2.75, 3.05) is 6.61 Å². The Bertz CT molecular complexity index is 259. The number of hydrogen-bond donors (Lipinski definition) is 6. The van der Waals surface area contributed by atoms with Crippen LogP contribution in [0, 0.1) is 0 Å². The molecule has 0 unspecified atom stereocenters. The molecule has 0 saturated carbocycles. The molecule has 0 fully saturated rings. The average Bonchev–Trinajstić information content (AvgIpc) is 2.23. The first-order chi connectivity index (χ1) is 7.31. The van der Waals surface area contributed by atoms with E-state index in [1.54, 1.807) is 0 Å². The number of aliphatic hydroxyl groups is 5. The number of thiocarbonyl (C=S) groups is 1. The van der Waals surface area contributed by atoms with Crippen LogP contribution < -0.4 is 0 Å². The fourth-order valence-electron chi connectivity index (χ4n) is 0.808. The Morgan fingerprint density at radius 1 is 1.25 bits per heavy atom. The second-order valence-electron chi connectivity index (χ2n) is 2.86. The summed E-state index contributed by atoms with van der Waals surface area (Å²) >= 11 is 7.75. The molecule has 4 atom stereocenters. The summed E-state index contributed by atoms with van der Waals surface area (Å²) in [6.07, 6.45) is -7.72. The van der Waals surface area contributed by atoms with E-state index < -0.39 is 41.4 Å². The number of esters is 1. The summed E-state index contributed by atoms with van der Waals surface area (Å²) < 4.78 is 3.72. The summed E-state index contributed by atoms with van der Waals surface area (Å²) in [6, 6.07) is 0. The van der Waals surface area contributed by atoms with Gasteiger partial charge in [0, 0.05) is 0 Å². The molecule has 0 aromatic carbocycles. The van der Waals surface area contributed by atoms with Gasteiger partial charge in [-0.05, 0) is 12.2 Å². The maximum Gasteiger partial charge on any atom is 0.344 e. The van der Waals surface area contributed by atoms with Gasteiger partial charge in [0.25, 0.3) is 0 Å². The first-order valence-corrected chi connectivity index (χ1v) is 4.94. The lowest BCUT2D eigenvalue weighted by molar-refractivity contribution is -0.162. The van der Waals surface area contributed by atoms with Crippen LogP contribution in [0.2, 0.25) is 0 Å². The molecule has 16 heavy (non-hydrogen) atoms. The normalized spacial score (nSPS) is 18.4. The molecule has 0 aromatic rings. The first-order valence-electron chi connectivity index (χ1n) is 4.09. The molecule has 5 N–H and O–H groups in total. The van der Waals surface area contributed by atoms with Crippen molar-refractivity contribution in [2.24, 2.45) is 0 Å². The van der Waals surface area contributed by atoms with Gasteiger partial charge in [0.15, 0.2) is 6.10 Å². The molecule has 0 aromatic heterocycles. The van der Waals surface area contributed by atoms with E-state index in [0.717, 1.165) is 0 Å². The van der Waals surface area contributed by atoms with Gasteiger partial charge < -0.3 is 30.3 Å². The number of thiol groups is 1. The Labute approximate surface area is 102 Å². The maximum absolute atomic E-state index is 11.0. The van der Waals surface area contributed by atoms with Gasteiger partial charge in [-0.1, -0.05) is 12.6 Å². The summed E-state index contributed by atoms with van der Waals surface area (Å²) in [6.45, 7) is -0.842. The number of rotatable bonds is 5. The molecule has 0 bridgehead atoms. The molecule has 0 aliphatic heterocycles. The van der Waals surface area contributed by atoms with Crippen molar-refractivity contribution in [3.63, 3.8) is 0 Å². The lowest BCUT2D eigenvalue weighted by Gasteiger charge is -2.24. The Balaban J connectivity index is 4.42. The smallest absolute Gasteiger partial charge is 0.344 e. The minimum Gasteiger partial charge on any atom is -0.407 e. The van der Waals surface area contributed by atoms with Crippen LogP contribution in [0.1, 0.15) is 0 Å². The van der Waals surface area contributed by atoms with Crippen molar-refractivity contribution < 1.29 is 35.1 Å².